The van der Waals surface area contributed by atoms with Gasteiger partial charge in [0, 0.05) is 25.5 Å². The molecule has 0 aromatic carbocycles. The maximum Gasteiger partial charge on any atom is 0.231 e. The van der Waals surface area contributed by atoms with Crippen LogP contribution in [0, 0.1) is 0 Å². The van der Waals surface area contributed by atoms with E-state index >= 15 is 0 Å². The van der Waals surface area contributed by atoms with Gasteiger partial charge >= 0.3 is 0 Å². The topological polar surface area (TPSA) is 78.9 Å². The Kier molecular flexibility index (Phi) is 4.44. The van der Waals surface area contributed by atoms with E-state index in [1.807, 2.05) is 17.9 Å². The number of thiazole rings is 1. The Morgan fingerprint density at radius 1 is 1.14 bits per heavy atom. The number of nitrogens with zero attached hydrogens (tertiary/aromatic N) is 5. The van der Waals surface area contributed by atoms with E-state index in [0.29, 0.717) is 18.4 Å². The second-order valence-corrected chi connectivity index (χ2v) is 5.63. The monoisotopic (exact) mass is 305 g/mol. The van der Waals surface area contributed by atoms with E-state index in [9.17, 15) is 0 Å². The summed E-state index contributed by atoms with van der Waals surface area (Å²) in [5.41, 5.74) is 2.81. The lowest BCUT2D eigenvalue weighted by atomic mass is 10.1. The largest absolute Gasteiger partial charge is 0.357 e. The first-order valence-corrected chi connectivity index (χ1v) is 8.09. The molecule has 0 aliphatic carbocycles. The van der Waals surface area contributed by atoms with Crippen LogP contribution in [0.3, 0.4) is 0 Å². The summed E-state index contributed by atoms with van der Waals surface area (Å²) in [4.78, 5) is 19.8. The fraction of sp³-hybridized carbons (Fsp3) is 0.538. The molecule has 2 aromatic rings. The van der Waals surface area contributed by atoms with Crippen LogP contribution in [0.2, 0.25) is 0 Å². The fourth-order valence-electron chi connectivity index (χ4n) is 2.29. The molecular formula is C13H19N7S. The Labute approximate surface area is 127 Å². The van der Waals surface area contributed by atoms with Crippen LogP contribution in [0.1, 0.15) is 25.0 Å². The number of piperidine rings is 1. The quantitative estimate of drug-likeness (QED) is 0.874. The summed E-state index contributed by atoms with van der Waals surface area (Å²) in [7, 11) is 1.82. The second-order valence-electron chi connectivity index (χ2n) is 4.91. The minimum absolute atomic E-state index is 0.586. The third kappa shape index (κ3) is 3.57. The summed E-state index contributed by atoms with van der Waals surface area (Å²) < 4.78 is 0. The molecule has 0 bridgehead atoms. The maximum atomic E-state index is 4.53. The molecular weight excluding hydrogens is 286 g/mol. The molecule has 3 heterocycles. The first-order valence-electron chi connectivity index (χ1n) is 7.15. The molecule has 21 heavy (non-hydrogen) atoms. The van der Waals surface area contributed by atoms with Gasteiger partial charge in [0.05, 0.1) is 17.7 Å². The van der Waals surface area contributed by atoms with E-state index in [4.69, 9.17) is 0 Å². The number of hydrogen-bond donors (Lipinski definition) is 2. The molecule has 2 N–H and O–H groups in total. The summed E-state index contributed by atoms with van der Waals surface area (Å²) in [5.74, 6) is 1.92. The van der Waals surface area contributed by atoms with E-state index in [0.717, 1.165) is 24.7 Å². The van der Waals surface area contributed by atoms with E-state index in [1.165, 1.54) is 19.3 Å². The molecule has 0 amide bonds. The van der Waals surface area contributed by atoms with E-state index < -0.39 is 0 Å². The third-order valence-electron chi connectivity index (χ3n) is 3.40. The SMILES string of the molecule is CNc1nc(NCc2cscn2)nc(N2CCCCC2)n1. The van der Waals surface area contributed by atoms with Crippen molar-refractivity contribution in [3.05, 3.63) is 16.6 Å². The highest BCUT2D eigenvalue weighted by atomic mass is 32.1. The van der Waals surface area contributed by atoms with E-state index in [-0.39, 0.29) is 0 Å². The smallest absolute Gasteiger partial charge is 0.231 e. The molecule has 0 saturated carbocycles. The van der Waals surface area contributed by atoms with Crippen molar-refractivity contribution in [1.29, 1.82) is 0 Å². The minimum atomic E-state index is 0.586. The molecule has 0 radical (unpaired) electrons. The minimum Gasteiger partial charge on any atom is -0.357 e. The van der Waals surface area contributed by atoms with Crippen molar-refractivity contribution in [1.82, 2.24) is 19.9 Å². The zero-order valence-corrected chi connectivity index (χ0v) is 12.9. The Balaban J connectivity index is 1.75. The Morgan fingerprint density at radius 3 is 2.67 bits per heavy atom. The van der Waals surface area contributed by atoms with E-state index in [1.54, 1.807) is 11.3 Å². The first-order chi connectivity index (χ1) is 10.3. The summed E-state index contributed by atoms with van der Waals surface area (Å²) in [5, 5.41) is 8.23. The summed E-state index contributed by atoms with van der Waals surface area (Å²) in [6.07, 6.45) is 3.68. The fourth-order valence-corrected chi connectivity index (χ4v) is 2.84. The number of aromatic nitrogens is 4. The van der Waals surface area contributed by atoms with Crippen LogP contribution < -0.4 is 15.5 Å². The molecule has 0 unspecified atom stereocenters. The Bertz CT molecular complexity index is 566. The number of nitrogens with one attached hydrogen (secondary N) is 2. The van der Waals surface area contributed by atoms with Gasteiger partial charge < -0.3 is 15.5 Å². The Hall–Kier alpha value is -1.96. The van der Waals surface area contributed by atoms with Gasteiger partial charge in [-0.2, -0.15) is 15.0 Å². The van der Waals surface area contributed by atoms with Gasteiger partial charge in [-0.05, 0) is 19.3 Å². The predicted octanol–water partition coefficient (Wildman–Crippen LogP) is 1.97. The third-order valence-corrected chi connectivity index (χ3v) is 4.03. The molecule has 1 saturated heterocycles. The summed E-state index contributed by atoms with van der Waals surface area (Å²) in [6, 6.07) is 0. The standard InChI is InChI=1S/C13H19N7S/c1-14-11-17-12(15-7-10-8-21-9-16-10)19-13(18-11)20-5-3-2-4-6-20/h8-9H,2-7H2,1H3,(H2,14,15,17,18,19). The van der Waals surface area contributed by atoms with Gasteiger partial charge in [-0.3, -0.25) is 0 Å². The van der Waals surface area contributed by atoms with Crippen molar-refractivity contribution < 1.29 is 0 Å². The predicted molar refractivity (Wildman–Crippen MR) is 84.9 cm³/mol. The van der Waals surface area contributed by atoms with Crippen molar-refractivity contribution in [3.8, 4) is 0 Å². The van der Waals surface area contributed by atoms with Crippen molar-refractivity contribution in [2.75, 3.05) is 35.7 Å². The van der Waals surface area contributed by atoms with E-state index in [2.05, 4.69) is 35.5 Å². The first kappa shape index (κ1) is 14.0. The lowest BCUT2D eigenvalue weighted by molar-refractivity contribution is 0.568. The van der Waals surface area contributed by atoms with Crippen molar-refractivity contribution >= 4 is 29.2 Å². The van der Waals surface area contributed by atoms with Crippen LogP contribution in [-0.4, -0.2) is 40.1 Å². The Morgan fingerprint density at radius 2 is 1.95 bits per heavy atom. The van der Waals surface area contributed by atoms with Gasteiger partial charge in [0.25, 0.3) is 0 Å². The zero-order valence-electron chi connectivity index (χ0n) is 12.0. The average molecular weight is 305 g/mol. The lowest BCUT2D eigenvalue weighted by Crippen LogP contribution is -2.31. The molecule has 0 atom stereocenters. The average Bonchev–Trinajstić information content (AvgIpc) is 3.07. The van der Waals surface area contributed by atoms with Crippen LogP contribution in [0.15, 0.2) is 10.9 Å². The molecule has 0 spiro atoms. The molecule has 7 nitrogen and oxygen atoms in total. The van der Waals surface area contributed by atoms with Crippen LogP contribution in [0.5, 0.6) is 0 Å². The summed E-state index contributed by atoms with van der Waals surface area (Å²) >= 11 is 1.58. The van der Waals surface area contributed by atoms with Crippen LogP contribution in [0.4, 0.5) is 17.8 Å². The molecule has 1 aliphatic rings. The van der Waals surface area contributed by atoms with Gasteiger partial charge in [0.1, 0.15) is 0 Å². The normalized spacial score (nSPS) is 15.0. The number of rotatable bonds is 5. The molecule has 112 valence electrons. The maximum absolute atomic E-state index is 4.53. The van der Waals surface area contributed by atoms with Gasteiger partial charge in [0.15, 0.2) is 0 Å². The van der Waals surface area contributed by atoms with Gasteiger partial charge in [-0.15, -0.1) is 11.3 Å². The number of anilines is 3. The highest BCUT2D eigenvalue weighted by Crippen LogP contribution is 2.18. The van der Waals surface area contributed by atoms with Gasteiger partial charge in [0.2, 0.25) is 17.8 Å². The molecule has 3 rings (SSSR count). The van der Waals surface area contributed by atoms with Crippen LogP contribution in [-0.2, 0) is 6.54 Å². The molecule has 2 aromatic heterocycles. The molecule has 1 aliphatic heterocycles. The van der Waals surface area contributed by atoms with Gasteiger partial charge in [-0.1, -0.05) is 0 Å². The zero-order chi connectivity index (χ0) is 14.5. The molecule has 8 heteroatoms. The van der Waals surface area contributed by atoms with Crippen LogP contribution >= 0.6 is 11.3 Å². The van der Waals surface area contributed by atoms with Crippen molar-refractivity contribution in [2.24, 2.45) is 0 Å². The second kappa shape index (κ2) is 6.66. The van der Waals surface area contributed by atoms with Crippen LogP contribution in [0.25, 0.3) is 0 Å². The van der Waals surface area contributed by atoms with Crippen molar-refractivity contribution in [3.63, 3.8) is 0 Å². The molecule has 1 fully saturated rings. The highest BCUT2D eigenvalue weighted by molar-refractivity contribution is 7.07. The number of hydrogen-bond acceptors (Lipinski definition) is 8. The van der Waals surface area contributed by atoms with Gasteiger partial charge in [-0.25, -0.2) is 4.98 Å². The lowest BCUT2D eigenvalue weighted by Gasteiger charge is -2.26. The summed E-state index contributed by atoms with van der Waals surface area (Å²) in [6.45, 7) is 2.65. The highest BCUT2D eigenvalue weighted by Gasteiger charge is 2.15. The van der Waals surface area contributed by atoms with Crippen molar-refractivity contribution in [2.45, 2.75) is 25.8 Å².